The molecule has 2 aromatic rings. The number of rotatable bonds is 4. The van der Waals surface area contributed by atoms with Gasteiger partial charge < -0.3 is 19.3 Å². The summed E-state index contributed by atoms with van der Waals surface area (Å²) in [4.78, 5) is 12.5. The van der Waals surface area contributed by atoms with Crippen LogP contribution in [-0.4, -0.2) is 51.1 Å². The van der Waals surface area contributed by atoms with Crippen molar-refractivity contribution in [2.24, 2.45) is 0 Å². The van der Waals surface area contributed by atoms with Gasteiger partial charge in [0.15, 0.2) is 0 Å². The van der Waals surface area contributed by atoms with Crippen LogP contribution in [0.25, 0.3) is 0 Å². The molecule has 0 aliphatic carbocycles. The number of hydrogen-bond acceptors (Lipinski definition) is 4. The first-order valence-corrected chi connectivity index (χ1v) is 8.57. The summed E-state index contributed by atoms with van der Waals surface area (Å²) >= 11 is 6.04. The highest BCUT2D eigenvalue weighted by atomic mass is 35.5. The second-order valence-corrected chi connectivity index (χ2v) is 6.63. The van der Waals surface area contributed by atoms with Crippen molar-refractivity contribution in [3.63, 3.8) is 0 Å². The zero-order chi connectivity index (χ0) is 18.0. The molecule has 8 heteroatoms. The second-order valence-electron chi connectivity index (χ2n) is 6.19. The zero-order valence-corrected chi connectivity index (χ0v) is 15.0. The van der Waals surface area contributed by atoms with E-state index in [4.69, 9.17) is 21.4 Å². The van der Waals surface area contributed by atoms with E-state index in [9.17, 15) is 4.79 Å². The van der Waals surface area contributed by atoms with Gasteiger partial charge in [0.25, 0.3) is 0 Å². The van der Waals surface area contributed by atoms with Gasteiger partial charge in [0.05, 0.1) is 13.7 Å². The lowest BCUT2D eigenvalue weighted by molar-refractivity contribution is 0.131. The molecule has 0 saturated carbocycles. The number of likely N-dealkylation sites (tertiary alicyclic amines) is 1. The number of methoxy groups -OCH3 is 1. The minimum atomic E-state index is -0.859. The van der Waals surface area contributed by atoms with Crippen molar-refractivity contribution in [3.8, 4) is 5.75 Å². The van der Waals surface area contributed by atoms with E-state index in [0.29, 0.717) is 24.7 Å². The molecular weight excluding hydrogens is 344 g/mol. The fourth-order valence-corrected chi connectivity index (χ4v) is 3.41. The lowest BCUT2D eigenvalue weighted by Crippen LogP contribution is -2.37. The molecule has 1 N–H and O–H groups in total. The van der Waals surface area contributed by atoms with Crippen LogP contribution in [0.1, 0.15) is 36.0 Å². The van der Waals surface area contributed by atoms with Crippen molar-refractivity contribution < 1.29 is 14.6 Å². The number of amides is 1. The highest BCUT2D eigenvalue weighted by Gasteiger charge is 2.27. The van der Waals surface area contributed by atoms with Crippen molar-refractivity contribution >= 4 is 17.7 Å². The third kappa shape index (κ3) is 3.71. The average Bonchev–Trinajstić information content (AvgIpc) is 2.97. The van der Waals surface area contributed by atoms with Gasteiger partial charge in [0.1, 0.15) is 17.4 Å². The molecule has 7 nitrogen and oxygen atoms in total. The van der Waals surface area contributed by atoms with E-state index in [1.54, 1.807) is 13.2 Å². The number of benzene rings is 1. The van der Waals surface area contributed by atoms with E-state index in [-0.39, 0.29) is 5.92 Å². The van der Waals surface area contributed by atoms with Crippen LogP contribution in [0.2, 0.25) is 5.02 Å². The maximum absolute atomic E-state index is 11.1. The summed E-state index contributed by atoms with van der Waals surface area (Å²) in [6.07, 6.45) is 0.645. The number of ether oxygens (including phenoxy) is 1. The summed E-state index contributed by atoms with van der Waals surface area (Å²) in [6.45, 7) is 3.56. The van der Waals surface area contributed by atoms with Crippen LogP contribution in [-0.2, 0) is 6.54 Å². The van der Waals surface area contributed by atoms with E-state index < -0.39 is 6.09 Å². The molecule has 0 unspecified atom stereocenters. The van der Waals surface area contributed by atoms with Gasteiger partial charge in [0.2, 0.25) is 0 Å². The van der Waals surface area contributed by atoms with Gasteiger partial charge in [0, 0.05) is 29.6 Å². The number of aryl methyl sites for hydroxylation is 1. The van der Waals surface area contributed by atoms with Crippen LogP contribution in [0.4, 0.5) is 4.79 Å². The maximum Gasteiger partial charge on any atom is 0.407 e. The Morgan fingerprint density at radius 2 is 2.08 bits per heavy atom. The Hall–Kier alpha value is -2.28. The number of piperidine rings is 1. The van der Waals surface area contributed by atoms with E-state index in [2.05, 4.69) is 14.8 Å². The molecule has 1 amide bonds. The molecule has 2 heterocycles. The number of halogens is 1. The molecule has 0 atom stereocenters. The van der Waals surface area contributed by atoms with Gasteiger partial charge in [-0.2, -0.15) is 0 Å². The molecular formula is C17H21ClN4O3. The highest BCUT2D eigenvalue weighted by molar-refractivity contribution is 6.30. The second kappa shape index (κ2) is 7.31. The minimum absolute atomic E-state index is 0.204. The molecule has 134 valence electrons. The lowest BCUT2D eigenvalue weighted by atomic mass is 9.96. The first kappa shape index (κ1) is 17.5. The molecule has 1 aliphatic rings. The van der Waals surface area contributed by atoms with Crippen molar-refractivity contribution in [3.05, 3.63) is 40.4 Å². The first-order chi connectivity index (χ1) is 12.0. The van der Waals surface area contributed by atoms with Gasteiger partial charge in [-0.3, -0.25) is 0 Å². The van der Waals surface area contributed by atoms with E-state index in [0.717, 1.165) is 35.8 Å². The highest BCUT2D eigenvalue weighted by Crippen LogP contribution is 2.29. The third-order valence-electron chi connectivity index (χ3n) is 4.67. The van der Waals surface area contributed by atoms with Crippen LogP contribution in [0.3, 0.4) is 0 Å². The minimum Gasteiger partial charge on any atom is -0.496 e. The SMILES string of the molecule is COc1cc(Cl)ccc1Cn1c(C)nnc1C1CCN(C(=O)O)CC1. The quantitative estimate of drug-likeness (QED) is 0.901. The Balaban J connectivity index is 1.82. The molecule has 25 heavy (non-hydrogen) atoms. The average molecular weight is 365 g/mol. The van der Waals surface area contributed by atoms with Crippen LogP contribution in [0.5, 0.6) is 5.75 Å². The number of carbonyl (C=O) groups is 1. The van der Waals surface area contributed by atoms with E-state index >= 15 is 0 Å². The van der Waals surface area contributed by atoms with Crippen molar-refractivity contribution in [1.29, 1.82) is 0 Å². The lowest BCUT2D eigenvalue weighted by Gasteiger charge is -2.29. The van der Waals surface area contributed by atoms with Crippen molar-refractivity contribution in [1.82, 2.24) is 19.7 Å². The van der Waals surface area contributed by atoms with E-state index in [1.807, 2.05) is 19.1 Å². The monoisotopic (exact) mass is 364 g/mol. The summed E-state index contributed by atoms with van der Waals surface area (Å²) in [7, 11) is 1.62. The van der Waals surface area contributed by atoms with Crippen molar-refractivity contribution in [2.45, 2.75) is 32.2 Å². The predicted octanol–water partition coefficient (Wildman–Crippen LogP) is 3.15. The van der Waals surface area contributed by atoms with Crippen LogP contribution >= 0.6 is 11.6 Å². The third-order valence-corrected chi connectivity index (χ3v) is 4.91. The molecule has 0 bridgehead atoms. The van der Waals surface area contributed by atoms with Gasteiger partial charge in [-0.05, 0) is 31.9 Å². The molecule has 1 saturated heterocycles. The molecule has 1 fully saturated rings. The number of nitrogens with zero attached hydrogens (tertiary/aromatic N) is 4. The summed E-state index contributed by atoms with van der Waals surface area (Å²) < 4.78 is 7.51. The molecule has 1 aliphatic heterocycles. The summed E-state index contributed by atoms with van der Waals surface area (Å²) in [6, 6.07) is 5.57. The number of hydrogen-bond donors (Lipinski definition) is 1. The molecule has 3 rings (SSSR count). The predicted molar refractivity (Wildman–Crippen MR) is 93.4 cm³/mol. The number of carboxylic acid groups (broad SMARTS) is 1. The maximum atomic E-state index is 11.1. The van der Waals surface area contributed by atoms with Gasteiger partial charge >= 0.3 is 6.09 Å². The van der Waals surface area contributed by atoms with Crippen LogP contribution < -0.4 is 4.74 Å². The summed E-state index contributed by atoms with van der Waals surface area (Å²) in [5.74, 6) is 2.66. The topological polar surface area (TPSA) is 80.5 Å². The zero-order valence-electron chi connectivity index (χ0n) is 14.3. The van der Waals surface area contributed by atoms with Crippen LogP contribution in [0, 0.1) is 6.92 Å². The standard InChI is InChI=1S/C17H21ClN4O3/c1-11-19-20-16(12-5-7-21(8-6-12)17(23)24)22(11)10-13-3-4-14(18)9-15(13)25-2/h3-4,9,12H,5-8,10H2,1-2H3,(H,23,24). The Labute approximate surface area is 151 Å². The van der Waals surface area contributed by atoms with Crippen LogP contribution in [0.15, 0.2) is 18.2 Å². The fourth-order valence-electron chi connectivity index (χ4n) is 3.24. The summed E-state index contributed by atoms with van der Waals surface area (Å²) in [5, 5.41) is 18.3. The Morgan fingerprint density at radius 1 is 1.36 bits per heavy atom. The normalized spacial score (nSPS) is 15.4. The van der Waals surface area contributed by atoms with Gasteiger partial charge in [-0.25, -0.2) is 4.79 Å². The smallest absolute Gasteiger partial charge is 0.407 e. The van der Waals surface area contributed by atoms with Crippen molar-refractivity contribution in [2.75, 3.05) is 20.2 Å². The Bertz CT molecular complexity index is 769. The molecule has 0 radical (unpaired) electrons. The Morgan fingerprint density at radius 3 is 2.72 bits per heavy atom. The molecule has 0 spiro atoms. The number of aromatic nitrogens is 3. The van der Waals surface area contributed by atoms with Gasteiger partial charge in [-0.1, -0.05) is 17.7 Å². The molecule has 1 aromatic heterocycles. The first-order valence-electron chi connectivity index (χ1n) is 8.19. The Kier molecular flexibility index (Phi) is 5.13. The molecule has 1 aromatic carbocycles. The largest absolute Gasteiger partial charge is 0.496 e. The summed E-state index contributed by atoms with van der Waals surface area (Å²) in [5.41, 5.74) is 0.999. The van der Waals surface area contributed by atoms with Gasteiger partial charge in [-0.15, -0.1) is 10.2 Å². The van der Waals surface area contributed by atoms with E-state index in [1.165, 1.54) is 4.90 Å². The fraction of sp³-hybridized carbons (Fsp3) is 0.471.